The number of para-hydroxylation sites is 1. The maximum absolute atomic E-state index is 12.0. The number of amides is 1. The summed E-state index contributed by atoms with van der Waals surface area (Å²) in [5.74, 6) is 0.441. The smallest absolute Gasteiger partial charge is 0.260 e. The van der Waals surface area contributed by atoms with Gasteiger partial charge in [-0.3, -0.25) is 9.78 Å². The predicted octanol–water partition coefficient (Wildman–Crippen LogP) is 2.82. The number of thiazole rings is 1. The highest BCUT2D eigenvalue weighted by Crippen LogP contribution is 2.21. The van der Waals surface area contributed by atoms with Crippen molar-refractivity contribution in [3.63, 3.8) is 0 Å². The van der Waals surface area contributed by atoms with Gasteiger partial charge in [0.1, 0.15) is 5.75 Å². The fourth-order valence-electron chi connectivity index (χ4n) is 2.14. The summed E-state index contributed by atoms with van der Waals surface area (Å²) in [7, 11) is 0. The van der Waals surface area contributed by atoms with E-state index in [1.165, 1.54) is 4.70 Å². The zero-order chi connectivity index (χ0) is 16.1. The van der Waals surface area contributed by atoms with Crippen molar-refractivity contribution in [1.29, 1.82) is 0 Å². The third kappa shape index (κ3) is 4.04. The van der Waals surface area contributed by atoms with E-state index in [-0.39, 0.29) is 5.91 Å². The third-order valence-corrected chi connectivity index (χ3v) is 4.39. The fraction of sp³-hybridized carbons (Fsp3) is 0.235. The Morgan fingerprint density at radius 3 is 2.96 bits per heavy atom. The van der Waals surface area contributed by atoms with Gasteiger partial charge in [-0.25, -0.2) is 4.98 Å². The monoisotopic (exact) mass is 327 g/mol. The number of nitrogens with one attached hydrogen (secondary N) is 1. The van der Waals surface area contributed by atoms with Crippen molar-refractivity contribution in [2.45, 2.75) is 19.4 Å². The first-order chi connectivity index (χ1) is 11.2. The maximum atomic E-state index is 12.0. The van der Waals surface area contributed by atoms with Crippen molar-refractivity contribution in [2.75, 3.05) is 6.54 Å². The van der Waals surface area contributed by atoms with Crippen molar-refractivity contribution >= 4 is 27.5 Å². The SMILES string of the molecule is C[C@H](Oc1cccnc1)C(=O)NCCc1nc2ccccc2s1. The second-order valence-corrected chi connectivity index (χ2v) is 6.18. The molecule has 0 spiro atoms. The van der Waals surface area contributed by atoms with Crippen molar-refractivity contribution < 1.29 is 9.53 Å². The molecule has 23 heavy (non-hydrogen) atoms. The zero-order valence-electron chi connectivity index (χ0n) is 12.7. The first-order valence-electron chi connectivity index (χ1n) is 7.41. The lowest BCUT2D eigenvalue weighted by Crippen LogP contribution is -2.37. The number of aromatic nitrogens is 2. The lowest BCUT2D eigenvalue weighted by Gasteiger charge is -2.13. The van der Waals surface area contributed by atoms with E-state index in [1.54, 1.807) is 42.8 Å². The molecule has 6 heteroatoms. The van der Waals surface area contributed by atoms with Crippen LogP contribution in [0, 0.1) is 0 Å². The van der Waals surface area contributed by atoms with Gasteiger partial charge >= 0.3 is 0 Å². The summed E-state index contributed by atoms with van der Waals surface area (Å²) in [6, 6.07) is 11.6. The molecule has 2 heterocycles. The molecule has 3 aromatic rings. The van der Waals surface area contributed by atoms with Crippen molar-refractivity contribution in [3.8, 4) is 5.75 Å². The van der Waals surface area contributed by atoms with Gasteiger partial charge in [-0.15, -0.1) is 11.3 Å². The highest BCUT2D eigenvalue weighted by atomic mass is 32.1. The number of fused-ring (bicyclic) bond motifs is 1. The number of hydrogen-bond donors (Lipinski definition) is 1. The van der Waals surface area contributed by atoms with E-state index < -0.39 is 6.10 Å². The Hall–Kier alpha value is -2.47. The molecule has 0 aliphatic heterocycles. The largest absolute Gasteiger partial charge is 0.479 e. The normalized spacial score (nSPS) is 12.0. The van der Waals surface area contributed by atoms with E-state index in [4.69, 9.17) is 4.74 Å². The Labute approximate surface area is 138 Å². The molecule has 118 valence electrons. The lowest BCUT2D eigenvalue weighted by atomic mass is 10.3. The molecule has 0 aliphatic rings. The minimum Gasteiger partial charge on any atom is -0.479 e. The number of pyridine rings is 1. The number of carbonyl (C=O) groups is 1. The van der Waals surface area contributed by atoms with Crippen molar-refractivity contribution in [3.05, 3.63) is 53.8 Å². The zero-order valence-corrected chi connectivity index (χ0v) is 13.5. The van der Waals surface area contributed by atoms with Crippen LogP contribution in [0.2, 0.25) is 0 Å². The molecule has 0 radical (unpaired) electrons. The van der Waals surface area contributed by atoms with Gasteiger partial charge in [-0.2, -0.15) is 0 Å². The quantitative estimate of drug-likeness (QED) is 0.756. The molecule has 0 saturated heterocycles. The minimum absolute atomic E-state index is 0.144. The summed E-state index contributed by atoms with van der Waals surface area (Å²) in [6.07, 6.45) is 3.40. The lowest BCUT2D eigenvalue weighted by molar-refractivity contribution is -0.127. The highest BCUT2D eigenvalue weighted by Gasteiger charge is 2.14. The summed E-state index contributed by atoms with van der Waals surface area (Å²) < 4.78 is 6.71. The Balaban J connectivity index is 1.48. The van der Waals surface area contributed by atoms with Crippen LogP contribution in [0.1, 0.15) is 11.9 Å². The van der Waals surface area contributed by atoms with Gasteiger partial charge in [-0.05, 0) is 31.2 Å². The summed E-state index contributed by atoms with van der Waals surface area (Å²) in [5.41, 5.74) is 1.01. The number of rotatable bonds is 6. The van der Waals surface area contributed by atoms with E-state index in [9.17, 15) is 4.79 Å². The van der Waals surface area contributed by atoms with Crippen molar-refractivity contribution in [2.24, 2.45) is 0 Å². The molecule has 0 unspecified atom stereocenters. The van der Waals surface area contributed by atoms with Crippen LogP contribution in [0.25, 0.3) is 10.2 Å². The van der Waals surface area contributed by atoms with Crippen LogP contribution in [0.4, 0.5) is 0 Å². The maximum Gasteiger partial charge on any atom is 0.260 e. The minimum atomic E-state index is -0.561. The predicted molar refractivity (Wildman–Crippen MR) is 90.7 cm³/mol. The van der Waals surface area contributed by atoms with Crippen LogP contribution < -0.4 is 10.1 Å². The summed E-state index contributed by atoms with van der Waals surface area (Å²) >= 11 is 1.66. The van der Waals surface area contributed by atoms with E-state index in [1.807, 2.05) is 18.2 Å². The van der Waals surface area contributed by atoms with Gasteiger partial charge in [0.15, 0.2) is 6.10 Å². The second kappa shape index (κ2) is 7.19. The van der Waals surface area contributed by atoms with Crippen LogP contribution in [0.3, 0.4) is 0 Å². The number of benzene rings is 1. The summed E-state index contributed by atoms with van der Waals surface area (Å²) in [4.78, 5) is 20.5. The van der Waals surface area contributed by atoms with Gasteiger partial charge in [-0.1, -0.05) is 12.1 Å². The molecule has 5 nitrogen and oxygen atoms in total. The first-order valence-corrected chi connectivity index (χ1v) is 8.23. The van der Waals surface area contributed by atoms with E-state index in [0.717, 1.165) is 10.5 Å². The molecule has 3 rings (SSSR count). The summed E-state index contributed by atoms with van der Waals surface area (Å²) in [6.45, 7) is 2.26. The van der Waals surface area contributed by atoms with Gasteiger partial charge in [0.05, 0.1) is 21.4 Å². The van der Waals surface area contributed by atoms with Gasteiger partial charge in [0, 0.05) is 19.2 Å². The molecular weight excluding hydrogens is 310 g/mol. The van der Waals surface area contributed by atoms with Crippen LogP contribution in [0.5, 0.6) is 5.75 Å². The molecule has 1 atom stereocenters. The Morgan fingerprint density at radius 2 is 2.17 bits per heavy atom. The van der Waals surface area contributed by atoms with Crippen LogP contribution in [-0.2, 0) is 11.2 Å². The van der Waals surface area contributed by atoms with Crippen LogP contribution in [0.15, 0.2) is 48.8 Å². The number of carbonyl (C=O) groups excluding carboxylic acids is 1. The van der Waals surface area contributed by atoms with E-state index in [0.29, 0.717) is 18.7 Å². The molecule has 1 amide bonds. The Kier molecular flexibility index (Phi) is 4.83. The number of ether oxygens (including phenoxy) is 1. The first kappa shape index (κ1) is 15.4. The Morgan fingerprint density at radius 1 is 1.30 bits per heavy atom. The molecule has 0 fully saturated rings. The molecule has 1 N–H and O–H groups in total. The number of hydrogen-bond acceptors (Lipinski definition) is 5. The molecule has 1 aromatic carbocycles. The van der Waals surface area contributed by atoms with Crippen LogP contribution >= 0.6 is 11.3 Å². The average Bonchev–Trinajstić information content (AvgIpc) is 2.98. The topological polar surface area (TPSA) is 64.1 Å². The van der Waals surface area contributed by atoms with Gasteiger partial charge in [0.2, 0.25) is 0 Å². The molecule has 0 aliphatic carbocycles. The van der Waals surface area contributed by atoms with E-state index >= 15 is 0 Å². The highest BCUT2D eigenvalue weighted by molar-refractivity contribution is 7.18. The molecule has 0 bridgehead atoms. The third-order valence-electron chi connectivity index (χ3n) is 3.29. The molecule has 2 aromatic heterocycles. The number of nitrogens with zero attached hydrogens (tertiary/aromatic N) is 2. The Bertz CT molecular complexity index is 756. The van der Waals surface area contributed by atoms with Crippen molar-refractivity contribution in [1.82, 2.24) is 15.3 Å². The average molecular weight is 327 g/mol. The molecular formula is C17H17N3O2S. The van der Waals surface area contributed by atoms with Gasteiger partial charge in [0.25, 0.3) is 5.91 Å². The van der Waals surface area contributed by atoms with Gasteiger partial charge < -0.3 is 10.1 Å². The molecule has 0 saturated carbocycles. The standard InChI is InChI=1S/C17H17N3O2S/c1-12(22-13-5-4-9-18-11-13)17(21)19-10-8-16-20-14-6-2-3-7-15(14)23-16/h2-7,9,11-12H,8,10H2,1H3,(H,19,21)/t12-/m0/s1. The fourth-order valence-corrected chi connectivity index (χ4v) is 3.10. The van der Waals surface area contributed by atoms with Crippen LogP contribution in [-0.4, -0.2) is 28.5 Å². The summed E-state index contributed by atoms with van der Waals surface area (Å²) in [5, 5.41) is 3.90. The van der Waals surface area contributed by atoms with E-state index in [2.05, 4.69) is 21.4 Å². The second-order valence-electron chi connectivity index (χ2n) is 5.07.